The minimum Gasteiger partial charge on any atom is -0.311 e. The number of likely N-dealkylation sites (N-methyl/N-ethyl adjacent to an activating group) is 1. The second-order valence-corrected chi connectivity index (χ2v) is 12.1. The first-order valence-corrected chi connectivity index (χ1v) is 14.1. The smallest absolute Gasteiger partial charge is 0.247 e. The van der Waals surface area contributed by atoms with E-state index in [4.69, 9.17) is 0 Å². The fourth-order valence-electron chi connectivity index (χ4n) is 4.48. The van der Waals surface area contributed by atoms with Gasteiger partial charge in [-0.05, 0) is 50.1 Å². The van der Waals surface area contributed by atoms with Gasteiger partial charge in [-0.25, -0.2) is 8.42 Å². The van der Waals surface area contributed by atoms with Crippen LogP contribution in [0.3, 0.4) is 0 Å². The molecule has 0 aliphatic carbocycles. The lowest BCUT2D eigenvalue weighted by Crippen LogP contribution is -2.43. The highest BCUT2D eigenvalue weighted by atomic mass is 32.2. The van der Waals surface area contributed by atoms with Gasteiger partial charge >= 0.3 is 0 Å². The molecule has 34 heavy (non-hydrogen) atoms. The predicted octanol–water partition coefficient (Wildman–Crippen LogP) is 4.13. The van der Waals surface area contributed by atoms with Crippen molar-refractivity contribution in [1.29, 1.82) is 0 Å². The van der Waals surface area contributed by atoms with E-state index in [1.165, 1.54) is 21.0 Å². The second-order valence-electron chi connectivity index (χ2n) is 8.68. The largest absolute Gasteiger partial charge is 0.311 e. The van der Waals surface area contributed by atoms with Crippen LogP contribution in [-0.2, 0) is 19.6 Å². The van der Waals surface area contributed by atoms with Crippen LogP contribution in [0.15, 0.2) is 58.3 Å². The highest BCUT2D eigenvalue weighted by Crippen LogP contribution is 2.40. The molecule has 0 N–H and O–H groups in total. The highest BCUT2D eigenvalue weighted by Gasteiger charge is 2.32. The van der Waals surface area contributed by atoms with Crippen LogP contribution in [0.2, 0.25) is 0 Å². The third-order valence-corrected chi connectivity index (χ3v) is 9.31. The molecular weight excluding hydrogens is 470 g/mol. The number of hydrogen-bond acceptors (Lipinski definition) is 5. The molecule has 0 radical (unpaired) electrons. The normalized spacial score (nSPS) is 19.4. The number of rotatable bonds is 6. The number of piperidine rings is 1. The van der Waals surface area contributed by atoms with Crippen LogP contribution < -0.4 is 9.80 Å². The molecule has 182 valence electrons. The molecular formula is C25H31N3O4S2. The number of anilines is 2. The van der Waals surface area contributed by atoms with Crippen LogP contribution >= 0.6 is 11.8 Å². The molecule has 2 heterocycles. The summed E-state index contributed by atoms with van der Waals surface area (Å²) < 4.78 is 28.2. The Morgan fingerprint density at radius 3 is 2.47 bits per heavy atom. The zero-order valence-corrected chi connectivity index (χ0v) is 21.3. The Bertz CT molecular complexity index is 1150. The molecule has 9 heteroatoms. The Hall–Kier alpha value is -2.36. The maximum Gasteiger partial charge on any atom is 0.247 e. The molecule has 0 aromatic heterocycles. The van der Waals surface area contributed by atoms with Gasteiger partial charge in [-0.3, -0.25) is 9.59 Å². The van der Waals surface area contributed by atoms with Crippen LogP contribution in [-0.4, -0.2) is 56.0 Å². The zero-order chi connectivity index (χ0) is 24.3. The molecule has 4 rings (SSSR count). The van der Waals surface area contributed by atoms with Crippen molar-refractivity contribution in [2.45, 2.75) is 54.6 Å². The van der Waals surface area contributed by atoms with Crippen molar-refractivity contribution in [2.75, 3.05) is 36.0 Å². The standard InChI is InChI=1S/C25H31N3O4S2/c1-3-27(20-10-6-4-7-11-20)25(30)18-28-22-17-21(34(31,32)26-14-8-5-9-15-26)12-13-23(22)33-19(2)16-24(28)29/h4,6-7,10-13,17,19H,3,5,8-9,14-16,18H2,1-2H3. The number of thioether (sulfide) groups is 1. The fourth-order valence-corrected chi connectivity index (χ4v) is 7.11. The summed E-state index contributed by atoms with van der Waals surface area (Å²) in [5.74, 6) is -0.388. The van der Waals surface area contributed by atoms with Crippen LogP contribution in [0.25, 0.3) is 0 Å². The summed E-state index contributed by atoms with van der Waals surface area (Å²) in [6, 6.07) is 14.3. The minimum atomic E-state index is -3.66. The van der Waals surface area contributed by atoms with E-state index < -0.39 is 10.0 Å². The topological polar surface area (TPSA) is 78.0 Å². The van der Waals surface area contributed by atoms with Crippen molar-refractivity contribution in [2.24, 2.45) is 0 Å². The second kappa shape index (κ2) is 10.5. The Morgan fingerprint density at radius 2 is 1.79 bits per heavy atom. The van der Waals surface area contributed by atoms with Gasteiger partial charge in [-0.2, -0.15) is 4.31 Å². The molecule has 0 bridgehead atoms. The van der Waals surface area contributed by atoms with E-state index in [0.29, 0.717) is 25.3 Å². The van der Waals surface area contributed by atoms with Gasteiger partial charge in [0.1, 0.15) is 6.54 Å². The molecule has 2 aliphatic rings. The number of sulfonamides is 1. The molecule has 1 atom stereocenters. The Kier molecular flexibility index (Phi) is 7.64. The van der Waals surface area contributed by atoms with Gasteiger partial charge < -0.3 is 9.80 Å². The zero-order valence-electron chi connectivity index (χ0n) is 19.6. The average molecular weight is 502 g/mol. The van der Waals surface area contributed by atoms with E-state index in [9.17, 15) is 18.0 Å². The van der Waals surface area contributed by atoms with Crippen molar-refractivity contribution in [1.82, 2.24) is 4.31 Å². The molecule has 0 saturated carbocycles. The SMILES string of the molecule is CCN(C(=O)CN1C(=O)CC(C)Sc2ccc(S(=O)(=O)N3CCCCC3)cc21)c1ccccc1. The van der Waals surface area contributed by atoms with E-state index in [1.807, 2.05) is 44.2 Å². The molecule has 2 amide bonds. The summed E-state index contributed by atoms with van der Waals surface area (Å²) in [6.45, 7) is 5.20. The first kappa shape index (κ1) is 24.8. The van der Waals surface area contributed by atoms with E-state index in [-0.39, 0.29) is 34.9 Å². The number of carbonyl (C=O) groups excluding carboxylic acids is 2. The van der Waals surface area contributed by atoms with Gasteiger partial charge in [0, 0.05) is 41.9 Å². The first-order valence-electron chi connectivity index (χ1n) is 11.8. The van der Waals surface area contributed by atoms with Gasteiger partial charge in [0.2, 0.25) is 21.8 Å². The van der Waals surface area contributed by atoms with Crippen molar-refractivity contribution in [3.05, 3.63) is 48.5 Å². The summed E-state index contributed by atoms with van der Waals surface area (Å²) in [5.41, 5.74) is 1.26. The lowest BCUT2D eigenvalue weighted by atomic mass is 10.2. The highest BCUT2D eigenvalue weighted by molar-refractivity contribution is 8.00. The molecule has 2 aromatic rings. The molecule has 7 nitrogen and oxygen atoms in total. The van der Waals surface area contributed by atoms with Gasteiger partial charge in [0.05, 0.1) is 10.6 Å². The number of fused-ring (bicyclic) bond motifs is 1. The number of carbonyl (C=O) groups is 2. The molecule has 1 fully saturated rings. The monoisotopic (exact) mass is 501 g/mol. The first-order chi connectivity index (χ1) is 16.3. The molecule has 1 unspecified atom stereocenters. The third kappa shape index (κ3) is 5.16. The number of hydrogen-bond donors (Lipinski definition) is 0. The summed E-state index contributed by atoms with van der Waals surface area (Å²) in [5, 5.41) is 0.0207. The Labute approximate surface area is 206 Å². The molecule has 1 saturated heterocycles. The lowest BCUT2D eigenvalue weighted by molar-refractivity contribution is -0.122. The van der Waals surface area contributed by atoms with Crippen molar-refractivity contribution >= 4 is 45.0 Å². The molecule has 2 aromatic carbocycles. The number of para-hydroxylation sites is 1. The Balaban J connectivity index is 1.69. The van der Waals surface area contributed by atoms with Gasteiger partial charge in [-0.1, -0.05) is 31.5 Å². The van der Waals surface area contributed by atoms with E-state index >= 15 is 0 Å². The van der Waals surface area contributed by atoms with Crippen LogP contribution in [0.5, 0.6) is 0 Å². The number of benzene rings is 2. The summed E-state index contributed by atoms with van der Waals surface area (Å²) in [6.07, 6.45) is 3.01. The van der Waals surface area contributed by atoms with Gasteiger partial charge in [0.25, 0.3) is 0 Å². The van der Waals surface area contributed by atoms with E-state index in [0.717, 1.165) is 29.8 Å². The third-order valence-electron chi connectivity index (χ3n) is 6.24. The predicted molar refractivity (Wildman–Crippen MR) is 136 cm³/mol. The Morgan fingerprint density at radius 1 is 1.09 bits per heavy atom. The van der Waals surface area contributed by atoms with Crippen molar-refractivity contribution < 1.29 is 18.0 Å². The minimum absolute atomic E-state index is 0.0207. The maximum absolute atomic E-state index is 13.3. The van der Waals surface area contributed by atoms with E-state index in [2.05, 4.69) is 0 Å². The number of amides is 2. The van der Waals surface area contributed by atoms with Crippen molar-refractivity contribution in [3.63, 3.8) is 0 Å². The van der Waals surface area contributed by atoms with Crippen LogP contribution in [0, 0.1) is 0 Å². The quantitative estimate of drug-likeness (QED) is 0.595. The average Bonchev–Trinajstić information content (AvgIpc) is 2.95. The summed E-state index contributed by atoms with van der Waals surface area (Å²) in [4.78, 5) is 30.6. The van der Waals surface area contributed by atoms with Crippen molar-refractivity contribution in [3.8, 4) is 0 Å². The summed E-state index contributed by atoms with van der Waals surface area (Å²) in [7, 11) is -3.66. The van der Waals surface area contributed by atoms with Crippen LogP contribution in [0.1, 0.15) is 39.5 Å². The fraction of sp³-hybridized carbons (Fsp3) is 0.440. The number of nitrogens with zero attached hydrogens (tertiary/aromatic N) is 3. The summed E-state index contributed by atoms with van der Waals surface area (Å²) >= 11 is 1.54. The van der Waals surface area contributed by atoms with Crippen LogP contribution in [0.4, 0.5) is 11.4 Å². The van der Waals surface area contributed by atoms with Gasteiger partial charge in [-0.15, -0.1) is 11.8 Å². The lowest BCUT2D eigenvalue weighted by Gasteiger charge is -2.28. The maximum atomic E-state index is 13.3. The molecule has 2 aliphatic heterocycles. The van der Waals surface area contributed by atoms with E-state index in [1.54, 1.807) is 23.1 Å². The van der Waals surface area contributed by atoms with Gasteiger partial charge in [0.15, 0.2) is 0 Å². The molecule has 0 spiro atoms.